The number of anilines is 1. The number of nitro benzene ring substituents is 1. The van der Waals surface area contributed by atoms with Crippen LogP contribution in [0.4, 0.5) is 11.4 Å². The van der Waals surface area contributed by atoms with Crippen LogP contribution in [0.15, 0.2) is 48.5 Å². The molecule has 0 aromatic heterocycles. The van der Waals surface area contributed by atoms with Crippen molar-refractivity contribution in [2.24, 2.45) is 0 Å². The van der Waals surface area contributed by atoms with Gasteiger partial charge in [-0.2, -0.15) is 0 Å². The molecule has 98 valence electrons. The van der Waals surface area contributed by atoms with Crippen LogP contribution in [0.1, 0.15) is 5.56 Å². The summed E-state index contributed by atoms with van der Waals surface area (Å²) in [6.07, 6.45) is 0.781. The van der Waals surface area contributed by atoms with Gasteiger partial charge in [0.15, 0.2) is 0 Å². The average Bonchev–Trinajstić information content (AvgIpc) is 2.41. The lowest BCUT2D eigenvalue weighted by molar-refractivity contribution is -0.383. The van der Waals surface area contributed by atoms with E-state index in [1.165, 1.54) is 11.6 Å². The van der Waals surface area contributed by atoms with Crippen molar-refractivity contribution in [2.45, 2.75) is 6.42 Å². The summed E-state index contributed by atoms with van der Waals surface area (Å²) < 4.78 is 0. The van der Waals surface area contributed by atoms with Crippen molar-refractivity contribution in [3.63, 3.8) is 0 Å². The summed E-state index contributed by atoms with van der Waals surface area (Å²) in [5.74, 6) is 0. The Morgan fingerprint density at radius 3 is 2.53 bits per heavy atom. The van der Waals surface area contributed by atoms with Crippen molar-refractivity contribution < 1.29 is 4.92 Å². The predicted octanol–water partition coefficient (Wildman–Crippen LogP) is 3.90. The molecule has 2 aromatic carbocycles. The third kappa shape index (κ3) is 3.45. The Morgan fingerprint density at radius 2 is 1.84 bits per heavy atom. The molecule has 1 N–H and O–H groups in total. The van der Waals surface area contributed by atoms with Gasteiger partial charge >= 0.3 is 0 Å². The summed E-state index contributed by atoms with van der Waals surface area (Å²) in [6, 6.07) is 14.6. The zero-order chi connectivity index (χ0) is 13.7. The fraction of sp³-hybridized carbons (Fsp3) is 0.143. The van der Waals surface area contributed by atoms with Crippen LogP contribution >= 0.6 is 11.6 Å². The molecule has 0 saturated heterocycles. The smallest absolute Gasteiger partial charge is 0.293 e. The summed E-state index contributed by atoms with van der Waals surface area (Å²) in [6.45, 7) is 0.592. The van der Waals surface area contributed by atoms with E-state index in [-0.39, 0.29) is 5.69 Å². The lowest BCUT2D eigenvalue weighted by atomic mass is 10.1. The van der Waals surface area contributed by atoms with E-state index in [9.17, 15) is 10.1 Å². The van der Waals surface area contributed by atoms with E-state index < -0.39 is 4.92 Å². The number of hydrogen-bond donors (Lipinski definition) is 1. The van der Waals surface area contributed by atoms with Gasteiger partial charge in [0.2, 0.25) is 0 Å². The van der Waals surface area contributed by atoms with E-state index in [1.807, 2.05) is 30.3 Å². The second kappa shape index (κ2) is 6.20. The van der Waals surface area contributed by atoms with Crippen molar-refractivity contribution in [1.82, 2.24) is 0 Å². The standard InChI is InChI=1S/C14H13ClN2O2/c15-12-7-4-8-13(17(18)19)14(12)16-10-9-11-5-2-1-3-6-11/h1-8,16H,9-10H2. The summed E-state index contributed by atoms with van der Waals surface area (Å²) >= 11 is 5.99. The van der Waals surface area contributed by atoms with Crippen LogP contribution in [0.2, 0.25) is 5.02 Å². The molecular formula is C14H13ClN2O2. The van der Waals surface area contributed by atoms with Crippen molar-refractivity contribution in [3.8, 4) is 0 Å². The molecule has 0 amide bonds. The molecule has 0 atom stereocenters. The van der Waals surface area contributed by atoms with Crippen LogP contribution in [-0.2, 0) is 6.42 Å². The van der Waals surface area contributed by atoms with Gasteiger partial charge in [-0.05, 0) is 18.1 Å². The molecule has 0 aliphatic rings. The molecule has 0 heterocycles. The van der Waals surface area contributed by atoms with E-state index in [2.05, 4.69) is 5.32 Å². The molecule has 5 heteroatoms. The highest BCUT2D eigenvalue weighted by Gasteiger charge is 2.15. The SMILES string of the molecule is O=[N+]([O-])c1cccc(Cl)c1NCCc1ccccc1. The first kappa shape index (κ1) is 13.4. The van der Waals surface area contributed by atoms with Gasteiger partial charge in [0.1, 0.15) is 5.69 Å². The van der Waals surface area contributed by atoms with Crippen LogP contribution in [0.5, 0.6) is 0 Å². The summed E-state index contributed by atoms with van der Waals surface area (Å²) in [5.41, 5.74) is 1.55. The normalized spacial score (nSPS) is 10.2. The Balaban J connectivity index is 2.05. The third-order valence-corrected chi connectivity index (χ3v) is 3.06. The van der Waals surface area contributed by atoms with Crippen LogP contribution < -0.4 is 5.32 Å². The summed E-state index contributed by atoms with van der Waals surface area (Å²) in [7, 11) is 0. The van der Waals surface area contributed by atoms with Gasteiger partial charge in [0.05, 0.1) is 9.95 Å². The van der Waals surface area contributed by atoms with Gasteiger partial charge in [-0.25, -0.2) is 0 Å². The maximum atomic E-state index is 10.9. The zero-order valence-electron chi connectivity index (χ0n) is 10.2. The molecule has 0 unspecified atom stereocenters. The zero-order valence-corrected chi connectivity index (χ0v) is 10.9. The second-order valence-electron chi connectivity index (χ2n) is 4.05. The van der Waals surface area contributed by atoms with Crippen molar-refractivity contribution in [3.05, 3.63) is 69.2 Å². The number of benzene rings is 2. The van der Waals surface area contributed by atoms with E-state index in [0.717, 1.165) is 6.42 Å². The molecule has 0 spiro atoms. The number of nitrogens with zero attached hydrogens (tertiary/aromatic N) is 1. The maximum absolute atomic E-state index is 10.9. The summed E-state index contributed by atoms with van der Waals surface area (Å²) in [4.78, 5) is 10.5. The lowest BCUT2D eigenvalue weighted by Crippen LogP contribution is -2.07. The first-order valence-electron chi connectivity index (χ1n) is 5.89. The minimum absolute atomic E-state index is 0.000520. The maximum Gasteiger partial charge on any atom is 0.293 e. The van der Waals surface area contributed by atoms with Gasteiger partial charge in [-0.1, -0.05) is 48.0 Å². The minimum Gasteiger partial charge on any atom is -0.378 e. The fourth-order valence-electron chi connectivity index (χ4n) is 1.82. The Bertz CT molecular complexity index is 573. The van der Waals surface area contributed by atoms with Gasteiger partial charge < -0.3 is 5.32 Å². The second-order valence-corrected chi connectivity index (χ2v) is 4.46. The number of hydrogen-bond acceptors (Lipinski definition) is 3. The molecule has 0 radical (unpaired) electrons. The molecule has 0 fully saturated rings. The van der Waals surface area contributed by atoms with Gasteiger partial charge in [-0.15, -0.1) is 0 Å². The van der Waals surface area contributed by atoms with Crippen molar-refractivity contribution >= 4 is 23.0 Å². The highest BCUT2D eigenvalue weighted by molar-refractivity contribution is 6.33. The highest BCUT2D eigenvalue weighted by atomic mass is 35.5. The largest absolute Gasteiger partial charge is 0.378 e. The Labute approximate surface area is 116 Å². The van der Waals surface area contributed by atoms with Crippen LogP contribution in [0.3, 0.4) is 0 Å². The predicted molar refractivity (Wildman–Crippen MR) is 76.7 cm³/mol. The quantitative estimate of drug-likeness (QED) is 0.665. The number of para-hydroxylation sites is 1. The lowest BCUT2D eigenvalue weighted by Gasteiger charge is -2.08. The molecule has 0 saturated carbocycles. The molecule has 2 rings (SSSR count). The molecule has 2 aromatic rings. The third-order valence-electron chi connectivity index (χ3n) is 2.75. The Hall–Kier alpha value is -2.07. The van der Waals surface area contributed by atoms with Gasteiger partial charge in [0.25, 0.3) is 5.69 Å². The van der Waals surface area contributed by atoms with E-state index in [0.29, 0.717) is 17.3 Å². The number of nitrogens with one attached hydrogen (secondary N) is 1. The first-order chi connectivity index (χ1) is 9.18. The van der Waals surface area contributed by atoms with Crippen LogP contribution in [0.25, 0.3) is 0 Å². The molecule has 0 bridgehead atoms. The van der Waals surface area contributed by atoms with Crippen LogP contribution in [0, 0.1) is 10.1 Å². The number of halogens is 1. The van der Waals surface area contributed by atoms with Crippen molar-refractivity contribution in [1.29, 1.82) is 0 Å². The van der Waals surface area contributed by atoms with Gasteiger partial charge in [-0.3, -0.25) is 10.1 Å². The Kier molecular flexibility index (Phi) is 4.36. The first-order valence-corrected chi connectivity index (χ1v) is 6.27. The fourth-order valence-corrected chi connectivity index (χ4v) is 2.05. The van der Waals surface area contributed by atoms with Gasteiger partial charge in [0, 0.05) is 12.6 Å². The van der Waals surface area contributed by atoms with Crippen LogP contribution in [-0.4, -0.2) is 11.5 Å². The van der Waals surface area contributed by atoms with E-state index in [4.69, 9.17) is 11.6 Å². The highest BCUT2D eigenvalue weighted by Crippen LogP contribution is 2.31. The number of nitro groups is 1. The molecule has 4 nitrogen and oxygen atoms in total. The molecule has 0 aliphatic heterocycles. The van der Waals surface area contributed by atoms with E-state index in [1.54, 1.807) is 12.1 Å². The average molecular weight is 277 g/mol. The monoisotopic (exact) mass is 276 g/mol. The van der Waals surface area contributed by atoms with Crippen molar-refractivity contribution in [2.75, 3.05) is 11.9 Å². The number of rotatable bonds is 5. The molecule has 19 heavy (non-hydrogen) atoms. The molecular weight excluding hydrogens is 264 g/mol. The van der Waals surface area contributed by atoms with E-state index >= 15 is 0 Å². The summed E-state index contributed by atoms with van der Waals surface area (Å²) in [5, 5.41) is 14.3. The minimum atomic E-state index is -0.434. The molecule has 0 aliphatic carbocycles. The topological polar surface area (TPSA) is 55.2 Å². The Morgan fingerprint density at radius 1 is 1.11 bits per heavy atom.